The number of nitrogens with two attached hydrogens (primary N) is 1. The van der Waals surface area contributed by atoms with Gasteiger partial charge in [0.1, 0.15) is 6.04 Å². The van der Waals surface area contributed by atoms with Crippen molar-refractivity contribution in [1.29, 1.82) is 0 Å². The van der Waals surface area contributed by atoms with E-state index in [2.05, 4.69) is 18.9 Å². The van der Waals surface area contributed by atoms with Crippen LogP contribution in [-0.4, -0.2) is 26.9 Å². The summed E-state index contributed by atoms with van der Waals surface area (Å²) in [6.45, 7) is 5.20. The fourth-order valence-electron chi connectivity index (χ4n) is 2.16. The highest BCUT2D eigenvalue weighted by atomic mass is 16.4. The van der Waals surface area contributed by atoms with Gasteiger partial charge in [0, 0.05) is 18.3 Å². The molecule has 0 radical (unpaired) electrons. The van der Waals surface area contributed by atoms with E-state index in [9.17, 15) is 4.79 Å². The van der Waals surface area contributed by atoms with Gasteiger partial charge in [-0.05, 0) is 23.5 Å². The average molecular weight is 287 g/mol. The summed E-state index contributed by atoms with van der Waals surface area (Å²) in [5.74, 6) is -0.424. The quantitative estimate of drug-likeness (QED) is 0.853. The molecule has 0 saturated carbocycles. The van der Waals surface area contributed by atoms with Gasteiger partial charge < -0.3 is 10.8 Å². The molecule has 21 heavy (non-hydrogen) atoms. The number of aromatic nitrogens is 2. The van der Waals surface area contributed by atoms with E-state index in [1.165, 1.54) is 0 Å². The Morgan fingerprint density at radius 3 is 2.52 bits per heavy atom. The van der Waals surface area contributed by atoms with E-state index in [4.69, 9.17) is 10.8 Å². The maximum absolute atomic E-state index is 10.7. The van der Waals surface area contributed by atoms with Gasteiger partial charge in [0.25, 0.3) is 0 Å². The largest absolute Gasteiger partial charge is 0.480 e. The SMILES string of the molecule is CC(C)Cn1cc(-c2ccc(C[C@H](N)C(=O)O)cc2)cn1. The number of rotatable bonds is 6. The van der Waals surface area contributed by atoms with Crippen molar-refractivity contribution in [2.45, 2.75) is 32.9 Å². The lowest BCUT2D eigenvalue weighted by atomic mass is 10.0. The molecular weight excluding hydrogens is 266 g/mol. The molecule has 5 nitrogen and oxygen atoms in total. The Bertz CT molecular complexity index is 602. The van der Waals surface area contributed by atoms with E-state index in [0.717, 1.165) is 23.2 Å². The van der Waals surface area contributed by atoms with Gasteiger partial charge in [-0.3, -0.25) is 9.48 Å². The Kier molecular flexibility index (Phi) is 4.75. The van der Waals surface area contributed by atoms with Crippen LogP contribution < -0.4 is 5.73 Å². The molecular formula is C16H21N3O2. The van der Waals surface area contributed by atoms with Crippen LogP contribution in [0, 0.1) is 5.92 Å². The lowest BCUT2D eigenvalue weighted by Crippen LogP contribution is -2.32. The van der Waals surface area contributed by atoms with Crippen molar-refractivity contribution in [3.8, 4) is 11.1 Å². The molecule has 2 rings (SSSR count). The number of carboxylic acid groups (broad SMARTS) is 1. The minimum absolute atomic E-state index is 0.336. The van der Waals surface area contributed by atoms with Crippen LogP contribution in [0.4, 0.5) is 0 Å². The van der Waals surface area contributed by atoms with Crippen molar-refractivity contribution < 1.29 is 9.90 Å². The van der Waals surface area contributed by atoms with Crippen molar-refractivity contribution >= 4 is 5.97 Å². The van der Waals surface area contributed by atoms with Crippen molar-refractivity contribution in [3.63, 3.8) is 0 Å². The summed E-state index contributed by atoms with van der Waals surface area (Å²) in [7, 11) is 0. The second-order valence-electron chi connectivity index (χ2n) is 5.69. The molecule has 112 valence electrons. The Labute approximate surface area is 124 Å². The van der Waals surface area contributed by atoms with Crippen LogP contribution in [0.2, 0.25) is 0 Å². The highest BCUT2D eigenvalue weighted by molar-refractivity contribution is 5.73. The zero-order chi connectivity index (χ0) is 15.4. The van der Waals surface area contributed by atoms with Crippen molar-refractivity contribution in [2.75, 3.05) is 0 Å². The van der Waals surface area contributed by atoms with E-state index in [0.29, 0.717) is 12.3 Å². The predicted molar refractivity (Wildman–Crippen MR) is 81.8 cm³/mol. The predicted octanol–water partition coefficient (Wildman–Crippen LogP) is 2.16. The van der Waals surface area contributed by atoms with Crippen LogP contribution >= 0.6 is 0 Å². The van der Waals surface area contributed by atoms with Gasteiger partial charge in [-0.1, -0.05) is 38.1 Å². The zero-order valence-electron chi connectivity index (χ0n) is 12.4. The van der Waals surface area contributed by atoms with Crippen LogP contribution in [0.3, 0.4) is 0 Å². The first-order chi connectivity index (χ1) is 9.95. The molecule has 0 fully saturated rings. The number of carbonyl (C=O) groups is 1. The highest BCUT2D eigenvalue weighted by Crippen LogP contribution is 2.20. The molecule has 0 amide bonds. The summed E-state index contributed by atoms with van der Waals surface area (Å²) in [6.07, 6.45) is 4.21. The fraction of sp³-hybridized carbons (Fsp3) is 0.375. The Morgan fingerprint density at radius 1 is 1.29 bits per heavy atom. The molecule has 0 bridgehead atoms. The fourth-order valence-corrected chi connectivity index (χ4v) is 2.16. The average Bonchev–Trinajstić information content (AvgIpc) is 2.87. The van der Waals surface area contributed by atoms with Gasteiger partial charge in [0.15, 0.2) is 0 Å². The summed E-state index contributed by atoms with van der Waals surface area (Å²) in [4.78, 5) is 10.7. The van der Waals surface area contributed by atoms with Crippen LogP contribution in [0.15, 0.2) is 36.7 Å². The first kappa shape index (κ1) is 15.3. The number of hydrogen-bond donors (Lipinski definition) is 2. The maximum atomic E-state index is 10.7. The Hall–Kier alpha value is -2.14. The molecule has 0 aliphatic heterocycles. The third-order valence-electron chi connectivity index (χ3n) is 3.25. The maximum Gasteiger partial charge on any atom is 0.320 e. The lowest BCUT2D eigenvalue weighted by molar-refractivity contribution is -0.138. The molecule has 2 aromatic rings. The first-order valence-electron chi connectivity index (χ1n) is 7.06. The number of carboxylic acids is 1. The van der Waals surface area contributed by atoms with Crippen LogP contribution in [0.1, 0.15) is 19.4 Å². The number of benzene rings is 1. The number of nitrogens with zero attached hydrogens (tertiary/aromatic N) is 2. The van der Waals surface area contributed by atoms with Gasteiger partial charge >= 0.3 is 5.97 Å². The molecule has 5 heteroatoms. The molecule has 3 N–H and O–H groups in total. The first-order valence-corrected chi connectivity index (χ1v) is 7.06. The topological polar surface area (TPSA) is 81.1 Å². The Balaban J connectivity index is 2.08. The summed E-state index contributed by atoms with van der Waals surface area (Å²) < 4.78 is 1.94. The third-order valence-corrected chi connectivity index (χ3v) is 3.25. The summed E-state index contributed by atoms with van der Waals surface area (Å²) >= 11 is 0. The second kappa shape index (κ2) is 6.54. The van der Waals surface area contributed by atoms with Crippen LogP contribution in [0.5, 0.6) is 0 Å². The minimum atomic E-state index is -0.978. The Morgan fingerprint density at radius 2 is 1.95 bits per heavy atom. The van der Waals surface area contributed by atoms with E-state index in [1.54, 1.807) is 0 Å². The van der Waals surface area contributed by atoms with Gasteiger partial charge in [-0.2, -0.15) is 5.10 Å². The van der Waals surface area contributed by atoms with Crippen LogP contribution in [-0.2, 0) is 17.8 Å². The molecule has 1 heterocycles. The molecule has 1 aromatic heterocycles. The van der Waals surface area contributed by atoms with E-state index in [1.807, 2.05) is 41.3 Å². The molecule has 0 unspecified atom stereocenters. The minimum Gasteiger partial charge on any atom is -0.480 e. The summed E-state index contributed by atoms with van der Waals surface area (Å²) in [5.41, 5.74) is 8.58. The van der Waals surface area contributed by atoms with Crippen molar-refractivity contribution in [1.82, 2.24) is 9.78 Å². The van der Waals surface area contributed by atoms with Gasteiger partial charge in [-0.25, -0.2) is 0 Å². The van der Waals surface area contributed by atoms with Crippen molar-refractivity contribution in [3.05, 3.63) is 42.2 Å². The molecule has 0 saturated heterocycles. The molecule has 0 aliphatic carbocycles. The van der Waals surface area contributed by atoms with E-state index < -0.39 is 12.0 Å². The normalized spacial score (nSPS) is 12.6. The van der Waals surface area contributed by atoms with Gasteiger partial charge in [0.05, 0.1) is 6.20 Å². The van der Waals surface area contributed by atoms with E-state index >= 15 is 0 Å². The lowest BCUT2D eigenvalue weighted by Gasteiger charge is -2.07. The third kappa shape index (κ3) is 4.16. The smallest absolute Gasteiger partial charge is 0.320 e. The molecule has 0 spiro atoms. The van der Waals surface area contributed by atoms with Crippen LogP contribution in [0.25, 0.3) is 11.1 Å². The second-order valence-corrected chi connectivity index (χ2v) is 5.69. The highest BCUT2D eigenvalue weighted by Gasteiger charge is 2.12. The van der Waals surface area contributed by atoms with Crippen molar-refractivity contribution in [2.24, 2.45) is 11.7 Å². The van der Waals surface area contributed by atoms with Gasteiger partial charge in [0.2, 0.25) is 0 Å². The zero-order valence-corrected chi connectivity index (χ0v) is 12.4. The molecule has 0 aliphatic rings. The molecule has 1 atom stereocenters. The standard InChI is InChI=1S/C16H21N3O2/c1-11(2)9-19-10-14(8-18-19)13-5-3-12(4-6-13)7-15(17)16(20)21/h3-6,8,10-11,15H,7,9,17H2,1-2H3,(H,20,21)/t15-/m0/s1. The number of aliphatic carboxylic acids is 1. The molecule has 1 aromatic carbocycles. The monoisotopic (exact) mass is 287 g/mol. The summed E-state index contributed by atoms with van der Waals surface area (Å²) in [5, 5.41) is 13.2. The number of hydrogen-bond acceptors (Lipinski definition) is 3. The summed E-state index contributed by atoms with van der Waals surface area (Å²) in [6, 6.07) is 6.92. The van der Waals surface area contributed by atoms with E-state index in [-0.39, 0.29) is 0 Å². The van der Waals surface area contributed by atoms with Gasteiger partial charge in [-0.15, -0.1) is 0 Å².